The zero-order chi connectivity index (χ0) is 19.1. The second-order valence-corrected chi connectivity index (χ2v) is 6.53. The van der Waals surface area contributed by atoms with Gasteiger partial charge in [0.2, 0.25) is 5.91 Å². The molecule has 27 heavy (non-hydrogen) atoms. The molecule has 3 aromatic rings. The summed E-state index contributed by atoms with van der Waals surface area (Å²) in [5.41, 5.74) is 5.33. The van der Waals surface area contributed by atoms with Crippen molar-refractivity contribution < 1.29 is 9.53 Å². The molecule has 1 amide bonds. The number of carbonyl (C=O) groups is 1. The Bertz CT molecular complexity index is 887. The highest BCUT2D eigenvalue weighted by Crippen LogP contribution is 2.18. The number of amides is 1. The van der Waals surface area contributed by atoms with Crippen molar-refractivity contribution in [2.75, 3.05) is 10.6 Å². The molecule has 0 unspecified atom stereocenters. The molecule has 0 atom stereocenters. The molecule has 0 aliphatic heterocycles. The first-order chi connectivity index (χ1) is 13.1. The van der Waals surface area contributed by atoms with Crippen molar-refractivity contribution in [3.05, 3.63) is 89.5 Å². The van der Waals surface area contributed by atoms with Gasteiger partial charge in [-0.2, -0.15) is 0 Å². The molecule has 4 nitrogen and oxygen atoms in total. The van der Waals surface area contributed by atoms with Crippen LogP contribution >= 0.6 is 0 Å². The van der Waals surface area contributed by atoms with Crippen LogP contribution in [-0.2, 0) is 17.9 Å². The molecule has 0 saturated carbocycles. The fourth-order valence-corrected chi connectivity index (χ4v) is 2.68. The summed E-state index contributed by atoms with van der Waals surface area (Å²) in [6.45, 7) is 4.83. The average Bonchev–Trinajstić information content (AvgIpc) is 2.67. The van der Waals surface area contributed by atoms with E-state index < -0.39 is 0 Å². The SMILES string of the molecule is CC(=O)Nc1ccc(NCc2cccc(OCc3ccc(C)cc3)c2)cc1. The molecule has 0 heterocycles. The molecule has 0 radical (unpaired) electrons. The molecule has 0 aliphatic carbocycles. The van der Waals surface area contributed by atoms with E-state index in [0.29, 0.717) is 13.2 Å². The number of ether oxygens (including phenoxy) is 1. The third-order valence-electron chi connectivity index (χ3n) is 4.13. The molecule has 138 valence electrons. The van der Waals surface area contributed by atoms with Crippen molar-refractivity contribution >= 4 is 17.3 Å². The summed E-state index contributed by atoms with van der Waals surface area (Å²) in [7, 11) is 0. The van der Waals surface area contributed by atoms with Crippen LogP contribution in [0.2, 0.25) is 0 Å². The maximum atomic E-state index is 11.1. The number of aryl methyl sites for hydroxylation is 1. The molecule has 2 N–H and O–H groups in total. The van der Waals surface area contributed by atoms with Gasteiger partial charge < -0.3 is 15.4 Å². The van der Waals surface area contributed by atoms with Crippen molar-refractivity contribution in [3.63, 3.8) is 0 Å². The van der Waals surface area contributed by atoms with Gasteiger partial charge in [0, 0.05) is 24.8 Å². The minimum atomic E-state index is -0.0711. The van der Waals surface area contributed by atoms with Crippen LogP contribution in [0.1, 0.15) is 23.6 Å². The number of nitrogens with one attached hydrogen (secondary N) is 2. The Kier molecular flexibility index (Phi) is 6.10. The molecular weight excluding hydrogens is 336 g/mol. The normalized spacial score (nSPS) is 10.3. The van der Waals surface area contributed by atoms with Crippen molar-refractivity contribution in [2.24, 2.45) is 0 Å². The van der Waals surface area contributed by atoms with E-state index in [0.717, 1.165) is 28.3 Å². The Balaban J connectivity index is 1.54. The first kappa shape index (κ1) is 18.5. The zero-order valence-electron chi connectivity index (χ0n) is 15.7. The Labute approximate surface area is 160 Å². The van der Waals surface area contributed by atoms with E-state index >= 15 is 0 Å². The van der Waals surface area contributed by atoms with Crippen molar-refractivity contribution in [1.29, 1.82) is 0 Å². The minimum Gasteiger partial charge on any atom is -0.489 e. The van der Waals surface area contributed by atoms with E-state index in [1.807, 2.05) is 42.5 Å². The summed E-state index contributed by atoms with van der Waals surface area (Å²) in [5.74, 6) is 0.786. The Morgan fingerprint density at radius 2 is 1.59 bits per heavy atom. The topological polar surface area (TPSA) is 50.4 Å². The van der Waals surface area contributed by atoms with Crippen LogP contribution in [0.4, 0.5) is 11.4 Å². The lowest BCUT2D eigenvalue weighted by Gasteiger charge is -2.10. The van der Waals surface area contributed by atoms with E-state index in [4.69, 9.17) is 4.74 Å². The number of hydrogen-bond donors (Lipinski definition) is 2. The lowest BCUT2D eigenvalue weighted by molar-refractivity contribution is -0.114. The molecule has 3 aromatic carbocycles. The molecular formula is C23H24N2O2. The third-order valence-corrected chi connectivity index (χ3v) is 4.13. The third kappa shape index (κ3) is 5.89. The van der Waals surface area contributed by atoms with Crippen LogP contribution in [0, 0.1) is 6.92 Å². The first-order valence-corrected chi connectivity index (χ1v) is 8.97. The van der Waals surface area contributed by atoms with Crippen molar-refractivity contribution in [1.82, 2.24) is 0 Å². The summed E-state index contributed by atoms with van der Waals surface area (Å²) >= 11 is 0. The smallest absolute Gasteiger partial charge is 0.221 e. The minimum absolute atomic E-state index is 0.0711. The van der Waals surface area contributed by atoms with Crippen LogP contribution in [0.5, 0.6) is 5.75 Å². The molecule has 0 saturated heterocycles. The summed E-state index contributed by atoms with van der Waals surface area (Å²) in [5, 5.41) is 6.14. The number of benzene rings is 3. The second kappa shape index (κ2) is 8.90. The fourth-order valence-electron chi connectivity index (χ4n) is 2.68. The van der Waals surface area contributed by atoms with Crippen LogP contribution in [0.15, 0.2) is 72.8 Å². The van der Waals surface area contributed by atoms with Crippen LogP contribution in [0.25, 0.3) is 0 Å². The van der Waals surface area contributed by atoms with Gasteiger partial charge in [-0.05, 0) is 54.4 Å². The van der Waals surface area contributed by atoms with Crippen LogP contribution < -0.4 is 15.4 Å². The monoisotopic (exact) mass is 360 g/mol. The standard InChI is InChI=1S/C23H24N2O2/c1-17-6-8-19(9-7-17)16-27-23-5-3-4-20(14-23)15-24-21-10-12-22(13-11-21)25-18(2)26/h3-14,24H,15-16H2,1-2H3,(H,25,26). The van der Waals surface area contributed by atoms with Crippen molar-refractivity contribution in [2.45, 2.75) is 27.0 Å². The van der Waals surface area contributed by atoms with E-state index in [2.05, 4.69) is 47.9 Å². The van der Waals surface area contributed by atoms with Gasteiger partial charge in [-0.15, -0.1) is 0 Å². The molecule has 0 aliphatic rings. The Morgan fingerprint density at radius 3 is 2.30 bits per heavy atom. The largest absolute Gasteiger partial charge is 0.489 e. The molecule has 4 heteroatoms. The number of hydrogen-bond acceptors (Lipinski definition) is 3. The maximum Gasteiger partial charge on any atom is 0.221 e. The molecule has 0 fully saturated rings. The van der Waals surface area contributed by atoms with Gasteiger partial charge in [-0.3, -0.25) is 4.79 Å². The van der Waals surface area contributed by atoms with E-state index in [1.165, 1.54) is 12.5 Å². The number of anilines is 2. The van der Waals surface area contributed by atoms with Gasteiger partial charge in [-0.1, -0.05) is 42.0 Å². The number of carbonyl (C=O) groups excluding carboxylic acids is 1. The van der Waals surface area contributed by atoms with Gasteiger partial charge >= 0.3 is 0 Å². The predicted octanol–water partition coefficient (Wildman–Crippen LogP) is 5.14. The number of rotatable bonds is 7. The predicted molar refractivity (Wildman–Crippen MR) is 110 cm³/mol. The molecule has 0 spiro atoms. The van der Waals surface area contributed by atoms with Crippen LogP contribution in [-0.4, -0.2) is 5.91 Å². The molecule has 0 bridgehead atoms. The summed E-state index contributed by atoms with van der Waals surface area (Å²) in [4.78, 5) is 11.1. The summed E-state index contributed by atoms with van der Waals surface area (Å²) in [6.07, 6.45) is 0. The van der Waals surface area contributed by atoms with Crippen molar-refractivity contribution in [3.8, 4) is 5.75 Å². The van der Waals surface area contributed by atoms with E-state index in [-0.39, 0.29) is 5.91 Å². The highest BCUT2D eigenvalue weighted by atomic mass is 16.5. The van der Waals surface area contributed by atoms with Gasteiger partial charge in [0.15, 0.2) is 0 Å². The molecule has 3 rings (SSSR count). The van der Waals surface area contributed by atoms with E-state index in [9.17, 15) is 4.79 Å². The fraction of sp³-hybridized carbons (Fsp3) is 0.174. The quantitative estimate of drug-likeness (QED) is 0.613. The van der Waals surface area contributed by atoms with Gasteiger partial charge in [0.1, 0.15) is 12.4 Å². The van der Waals surface area contributed by atoms with E-state index in [1.54, 1.807) is 0 Å². The van der Waals surface area contributed by atoms with Gasteiger partial charge in [0.25, 0.3) is 0 Å². The first-order valence-electron chi connectivity index (χ1n) is 8.97. The maximum absolute atomic E-state index is 11.1. The molecule has 0 aromatic heterocycles. The highest BCUT2D eigenvalue weighted by molar-refractivity contribution is 5.88. The summed E-state index contributed by atoms with van der Waals surface area (Å²) in [6, 6.07) is 24.1. The van der Waals surface area contributed by atoms with Gasteiger partial charge in [0.05, 0.1) is 0 Å². The Hall–Kier alpha value is -3.27. The van der Waals surface area contributed by atoms with Gasteiger partial charge in [-0.25, -0.2) is 0 Å². The lowest BCUT2D eigenvalue weighted by atomic mass is 10.1. The lowest BCUT2D eigenvalue weighted by Crippen LogP contribution is -2.05. The second-order valence-electron chi connectivity index (χ2n) is 6.53. The Morgan fingerprint density at radius 1 is 0.889 bits per heavy atom. The summed E-state index contributed by atoms with van der Waals surface area (Å²) < 4.78 is 5.91. The van der Waals surface area contributed by atoms with Crippen LogP contribution in [0.3, 0.4) is 0 Å². The average molecular weight is 360 g/mol. The highest BCUT2D eigenvalue weighted by Gasteiger charge is 2.00. The zero-order valence-corrected chi connectivity index (χ0v) is 15.7.